The van der Waals surface area contributed by atoms with Gasteiger partial charge in [-0.25, -0.2) is 0 Å². The van der Waals surface area contributed by atoms with Crippen molar-refractivity contribution in [3.8, 4) is 0 Å². The van der Waals surface area contributed by atoms with E-state index in [-0.39, 0.29) is 6.42 Å². The van der Waals surface area contributed by atoms with E-state index in [4.69, 9.17) is 0 Å². The minimum Gasteiger partial charge on any atom is -0.390 e. The summed E-state index contributed by atoms with van der Waals surface area (Å²) in [6.07, 6.45) is -7.13. The van der Waals surface area contributed by atoms with Crippen LogP contribution in [-0.4, -0.2) is 29.2 Å². The van der Waals surface area contributed by atoms with Crippen molar-refractivity contribution in [2.75, 3.05) is 0 Å². The fourth-order valence-electron chi connectivity index (χ4n) is 2.11. The van der Waals surface area contributed by atoms with Crippen LogP contribution in [0.2, 0.25) is 0 Å². The number of rotatable bonds is 2. The molecule has 20 heavy (non-hydrogen) atoms. The van der Waals surface area contributed by atoms with E-state index in [1.54, 1.807) is 17.4 Å². The number of carbonyl (C=O) groups excluding carboxylic acids is 1. The van der Waals surface area contributed by atoms with Crippen molar-refractivity contribution in [1.29, 1.82) is 0 Å². The van der Waals surface area contributed by atoms with Gasteiger partial charge in [-0.3, -0.25) is 4.79 Å². The van der Waals surface area contributed by atoms with Gasteiger partial charge in [-0.1, -0.05) is 24.3 Å². The highest BCUT2D eigenvalue weighted by Gasteiger charge is 2.63. The fraction of sp³-hybridized carbons (Fsp3) is 0.417. The van der Waals surface area contributed by atoms with Crippen LogP contribution in [0, 0.1) is 0 Å². The Morgan fingerprint density at radius 3 is 2.40 bits per heavy atom. The molecule has 0 aliphatic heterocycles. The normalized spacial score (nSPS) is 22.5. The maximum absolute atomic E-state index is 12.9. The number of hydrogen-bond acceptors (Lipinski definition) is 2. The fourth-order valence-corrected chi connectivity index (χ4v) is 2.11. The van der Waals surface area contributed by atoms with E-state index in [2.05, 4.69) is 0 Å². The Morgan fingerprint density at radius 1 is 1.20 bits per heavy atom. The third kappa shape index (κ3) is 2.35. The first-order chi connectivity index (χ1) is 9.14. The summed E-state index contributed by atoms with van der Waals surface area (Å²) in [5.74, 6) is -7.96. The monoisotopic (exact) mass is 295 g/mol. The molecular weight excluding hydrogens is 285 g/mol. The van der Waals surface area contributed by atoms with E-state index >= 15 is 0 Å². The van der Waals surface area contributed by atoms with Crippen molar-refractivity contribution >= 4 is 5.91 Å². The molecule has 1 aliphatic rings. The van der Waals surface area contributed by atoms with Crippen LogP contribution in [-0.2, 0) is 11.2 Å². The lowest BCUT2D eigenvalue weighted by atomic mass is 10.1. The average Bonchev–Trinajstić information content (AvgIpc) is 2.64. The van der Waals surface area contributed by atoms with Crippen LogP contribution >= 0.6 is 0 Å². The van der Waals surface area contributed by atoms with Crippen LogP contribution in [0.5, 0.6) is 0 Å². The minimum absolute atomic E-state index is 0.0821. The molecule has 0 saturated heterocycles. The topological polar surface area (TPSA) is 49.3 Å². The molecule has 1 aromatic carbocycles. The molecule has 0 radical (unpaired) electrons. The molecule has 0 saturated carbocycles. The van der Waals surface area contributed by atoms with Crippen molar-refractivity contribution in [3.63, 3.8) is 0 Å². The number of fused-ring (bicyclic) bond motifs is 1. The molecule has 0 unspecified atom stereocenters. The summed E-state index contributed by atoms with van der Waals surface area (Å²) in [5.41, 5.74) is 0.937. The predicted octanol–water partition coefficient (Wildman–Crippen LogP) is 1.96. The zero-order valence-electron chi connectivity index (χ0n) is 9.92. The number of aliphatic hydroxyl groups is 1. The molecule has 0 aromatic heterocycles. The largest absolute Gasteiger partial charge is 0.463 e. The van der Waals surface area contributed by atoms with E-state index in [9.17, 15) is 31.9 Å². The lowest BCUT2D eigenvalue weighted by molar-refractivity contribution is -0.270. The molecule has 2 N–H and O–H groups in total. The molecule has 1 aliphatic carbocycles. The van der Waals surface area contributed by atoms with Gasteiger partial charge in [0.05, 0.1) is 12.1 Å². The maximum Gasteiger partial charge on any atom is 0.463 e. The Kier molecular flexibility index (Phi) is 3.45. The summed E-state index contributed by atoms with van der Waals surface area (Å²) in [6, 6.07) is 4.97. The van der Waals surface area contributed by atoms with Gasteiger partial charge >= 0.3 is 18.0 Å². The van der Waals surface area contributed by atoms with Gasteiger partial charge in [-0.2, -0.15) is 22.0 Å². The van der Waals surface area contributed by atoms with Crippen LogP contribution in [0.4, 0.5) is 22.0 Å². The molecule has 8 heteroatoms. The van der Waals surface area contributed by atoms with Gasteiger partial charge in [0.2, 0.25) is 0 Å². The molecule has 1 amide bonds. The van der Waals surface area contributed by atoms with Gasteiger partial charge in [-0.05, 0) is 11.1 Å². The first-order valence-electron chi connectivity index (χ1n) is 5.66. The summed E-state index contributed by atoms with van der Waals surface area (Å²) in [6.45, 7) is 0. The molecule has 2 rings (SSSR count). The summed E-state index contributed by atoms with van der Waals surface area (Å²) in [4.78, 5) is 11.1. The van der Waals surface area contributed by atoms with Crippen LogP contribution in [0.15, 0.2) is 24.3 Å². The van der Waals surface area contributed by atoms with Gasteiger partial charge < -0.3 is 10.4 Å². The highest BCUT2D eigenvalue weighted by molar-refractivity contribution is 5.84. The number of amides is 1. The molecule has 2 atom stereocenters. The number of carbonyl (C=O) groups is 1. The maximum atomic E-state index is 12.9. The number of nitrogens with one attached hydrogen (secondary N) is 1. The van der Waals surface area contributed by atoms with Gasteiger partial charge in [-0.15, -0.1) is 0 Å². The Morgan fingerprint density at radius 2 is 1.80 bits per heavy atom. The van der Waals surface area contributed by atoms with Crippen molar-refractivity contribution in [2.45, 2.75) is 30.7 Å². The first kappa shape index (κ1) is 14.7. The van der Waals surface area contributed by atoms with Crippen molar-refractivity contribution in [2.24, 2.45) is 0 Å². The molecule has 1 aromatic rings. The van der Waals surface area contributed by atoms with E-state index < -0.39 is 30.2 Å². The second-order valence-corrected chi connectivity index (χ2v) is 4.49. The van der Waals surface area contributed by atoms with Crippen molar-refractivity contribution in [3.05, 3.63) is 35.4 Å². The summed E-state index contributed by atoms with van der Waals surface area (Å²) < 4.78 is 62.0. The molecule has 3 nitrogen and oxygen atoms in total. The van der Waals surface area contributed by atoms with Gasteiger partial charge in [0, 0.05) is 6.42 Å². The molecule has 0 fully saturated rings. The Labute approximate surface area is 110 Å². The lowest BCUT2D eigenvalue weighted by Gasteiger charge is -2.23. The summed E-state index contributed by atoms with van der Waals surface area (Å²) >= 11 is 0. The quantitative estimate of drug-likeness (QED) is 0.819. The molecular formula is C12H10F5NO2. The lowest BCUT2D eigenvalue weighted by Crippen LogP contribution is -2.52. The van der Waals surface area contributed by atoms with Gasteiger partial charge in [0.15, 0.2) is 0 Å². The third-order valence-electron chi connectivity index (χ3n) is 3.13. The van der Waals surface area contributed by atoms with Gasteiger partial charge in [0.1, 0.15) is 0 Å². The van der Waals surface area contributed by atoms with Crippen LogP contribution in [0.1, 0.15) is 17.2 Å². The molecule has 0 heterocycles. The number of alkyl halides is 5. The zero-order valence-corrected chi connectivity index (χ0v) is 9.92. The third-order valence-corrected chi connectivity index (χ3v) is 3.13. The van der Waals surface area contributed by atoms with Gasteiger partial charge in [0.25, 0.3) is 0 Å². The second-order valence-electron chi connectivity index (χ2n) is 4.49. The first-order valence-corrected chi connectivity index (χ1v) is 5.66. The van der Waals surface area contributed by atoms with Crippen molar-refractivity contribution in [1.82, 2.24) is 5.32 Å². The molecule has 0 bridgehead atoms. The Hall–Kier alpha value is -1.70. The number of halogens is 5. The summed E-state index contributed by atoms with van der Waals surface area (Å²) in [7, 11) is 0. The number of benzene rings is 1. The minimum atomic E-state index is -5.97. The SMILES string of the molecule is O=C(N[C@H]1c2ccccc2C[C@H]1O)C(F)(F)C(F)(F)F. The standard InChI is InChI=1S/C12H10F5NO2/c13-11(14,12(15,16)17)10(20)18-9-7-4-2-1-3-6(7)5-8(9)19/h1-4,8-9,19H,5H2,(H,18,20)/t8-,9+/m1/s1. The highest BCUT2D eigenvalue weighted by atomic mass is 19.4. The van der Waals surface area contributed by atoms with Crippen LogP contribution < -0.4 is 5.32 Å². The van der Waals surface area contributed by atoms with E-state index in [1.165, 1.54) is 12.1 Å². The second kappa shape index (κ2) is 4.69. The van der Waals surface area contributed by atoms with E-state index in [1.807, 2.05) is 0 Å². The Bertz CT molecular complexity index is 529. The zero-order chi connectivity index (χ0) is 15.1. The highest BCUT2D eigenvalue weighted by Crippen LogP contribution is 2.37. The van der Waals surface area contributed by atoms with Crippen LogP contribution in [0.3, 0.4) is 0 Å². The van der Waals surface area contributed by atoms with Crippen molar-refractivity contribution < 1.29 is 31.9 Å². The smallest absolute Gasteiger partial charge is 0.390 e. The average molecular weight is 295 g/mol. The molecule has 0 spiro atoms. The summed E-state index contributed by atoms with van der Waals surface area (Å²) in [5, 5.41) is 11.3. The predicted molar refractivity (Wildman–Crippen MR) is 58.0 cm³/mol. The van der Waals surface area contributed by atoms with E-state index in [0.717, 1.165) is 0 Å². The number of aliphatic hydroxyl groups excluding tert-OH is 1. The van der Waals surface area contributed by atoms with E-state index in [0.29, 0.717) is 11.1 Å². The number of hydrogen-bond donors (Lipinski definition) is 2. The van der Waals surface area contributed by atoms with Crippen LogP contribution in [0.25, 0.3) is 0 Å². The Balaban J connectivity index is 2.21. The molecule has 110 valence electrons.